The van der Waals surface area contributed by atoms with Crippen LogP contribution in [0.15, 0.2) is 12.4 Å². The summed E-state index contributed by atoms with van der Waals surface area (Å²) in [4.78, 5) is 0. The average Bonchev–Trinajstić information content (AvgIpc) is 2.64. The van der Waals surface area contributed by atoms with E-state index in [1.807, 2.05) is 24.0 Å². The first kappa shape index (κ1) is 11.6. The first-order valence-electron chi connectivity index (χ1n) is 5.96. The normalized spacial score (nSPS) is 30.6. The molecule has 0 saturated carbocycles. The Labute approximate surface area is 96.2 Å². The van der Waals surface area contributed by atoms with Gasteiger partial charge in [0.1, 0.15) is 0 Å². The van der Waals surface area contributed by atoms with Gasteiger partial charge in [-0.25, -0.2) is 0 Å². The molecule has 0 radical (unpaired) electrons. The maximum absolute atomic E-state index is 10.5. The molecule has 4 heteroatoms. The first-order valence-corrected chi connectivity index (χ1v) is 5.96. The van der Waals surface area contributed by atoms with E-state index >= 15 is 0 Å². The highest BCUT2D eigenvalue weighted by molar-refractivity contribution is 5.09. The van der Waals surface area contributed by atoms with Crippen molar-refractivity contribution in [3.63, 3.8) is 0 Å². The summed E-state index contributed by atoms with van der Waals surface area (Å²) in [6.45, 7) is 5.60. The Bertz CT molecular complexity index is 351. The predicted molar refractivity (Wildman–Crippen MR) is 61.2 cm³/mol. The third-order valence-electron chi connectivity index (χ3n) is 3.18. The van der Waals surface area contributed by atoms with Gasteiger partial charge in [0.2, 0.25) is 0 Å². The van der Waals surface area contributed by atoms with Crippen LogP contribution in [0.1, 0.15) is 32.3 Å². The summed E-state index contributed by atoms with van der Waals surface area (Å²) >= 11 is 0. The summed E-state index contributed by atoms with van der Waals surface area (Å²) in [6.07, 6.45) is 6.12. The Kier molecular flexibility index (Phi) is 3.30. The summed E-state index contributed by atoms with van der Waals surface area (Å²) in [6, 6.07) is 0. The molecule has 1 aromatic rings. The second-order valence-corrected chi connectivity index (χ2v) is 4.74. The van der Waals surface area contributed by atoms with E-state index in [-0.39, 0.29) is 6.10 Å². The number of hydrogen-bond acceptors (Lipinski definition) is 3. The minimum absolute atomic E-state index is 0.153. The van der Waals surface area contributed by atoms with E-state index in [0.29, 0.717) is 25.9 Å². The molecule has 1 aromatic heterocycles. The molecular weight excluding hydrogens is 204 g/mol. The van der Waals surface area contributed by atoms with Gasteiger partial charge in [-0.1, -0.05) is 0 Å². The smallest absolute Gasteiger partial charge is 0.0735 e. The Hall–Kier alpha value is -0.870. The average molecular weight is 224 g/mol. The van der Waals surface area contributed by atoms with Crippen LogP contribution in [0.3, 0.4) is 0 Å². The summed E-state index contributed by atoms with van der Waals surface area (Å²) in [5.41, 5.74) is 0.498. The van der Waals surface area contributed by atoms with E-state index in [0.717, 1.165) is 12.1 Å². The summed E-state index contributed by atoms with van der Waals surface area (Å²) in [5, 5.41) is 14.7. The summed E-state index contributed by atoms with van der Waals surface area (Å²) < 4.78 is 7.35. The lowest BCUT2D eigenvalue weighted by molar-refractivity contribution is -0.0961. The number of ether oxygens (including phenoxy) is 1. The molecule has 1 aliphatic heterocycles. The van der Waals surface area contributed by atoms with Crippen molar-refractivity contribution in [2.75, 3.05) is 6.61 Å². The van der Waals surface area contributed by atoms with E-state index in [2.05, 4.69) is 12.0 Å². The standard InChI is InChI=1S/C12H20N2O2/c1-3-14-9-11(8-13-14)7-12(15)4-5-16-10(2)6-12/h8-10,15H,3-7H2,1-2H3. The molecule has 2 atom stereocenters. The highest BCUT2D eigenvalue weighted by atomic mass is 16.5. The molecule has 0 aromatic carbocycles. The van der Waals surface area contributed by atoms with Gasteiger partial charge in [0.25, 0.3) is 0 Å². The molecule has 1 N–H and O–H groups in total. The molecule has 0 spiro atoms. The van der Waals surface area contributed by atoms with Crippen molar-refractivity contribution in [1.82, 2.24) is 9.78 Å². The zero-order chi connectivity index (χ0) is 11.6. The fourth-order valence-corrected chi connectivity index (χ4v) is 2.36. The molecule has 1 fully saturated rings. The third kappa shape index (κ3) is 2.62. The van der Waals surface area contributed by atoms with Crippen LogP contribution >= 0.6 is 0 Å². The van der Waals surface area contributed by atoms with Crippen molar-refractivity contribution in [2.24, 2.45) is 0 Å². The number of aryl methyl sites for hydroxylation is 1. The molecular formula is C12H20N2O2. The van der Waals surface area contributed by atoms with Crippen LogP contribution in [0.4, 0.5) is 0 Å². The number of hydrogen-bond donors (Lipinski definition) is 1. The van der Waals surface area contributed by atoms with Crippen LogP contribution < -0.4 is 0 Å². The molecule has 1 aliphatic rings. The van der Waals surface area contributed by atoms with Crippen molar-refractivity contribution >= 4 is 0 Å². The van der Waals surface area contributed by atoms with Crippen molar-refractivity contribution in [3.8, 4) is 0 Å². The topological polar surface area (TPSA) is 47.3 Å². The van der Waals surface area contributed by atoms with E-state index in [9.17, 15) is 5.11 Å². The van der Waals surface area contributed by atoms with Gasteiger partial charge < -0.3 is 9.84 Å². The van der Waals surface area contributed by atoms with Crippen LogP contribution in [0.25, 0.3) is 0 Å². The largest absolute Gasteiger partial charge is 0.389 e. The molecule has 0 aliphatic carbocycles. The number of rotatable bonds is 3. The third-order valence-corrected chi connectivity index (χ3v) is 3.18. The van der Waals surface area contributed by atoms with Crippen molar-refractivity contribution in [2.45, 2.75) is 51.4 Å². The zero-order valence-electron chi connectivity index (χ0n) is 10.0. The maximum atomic E-state index is 10.5. The SMILES string of the molecule is CCn1cc(CC2(O)CCOC(C)C2)cn1. The Morgan fingerprint density at radius 3 is 3.12 bits per heavy atom. The quantitative estimate of drug-likeness (QED) is 0.843. The molecule has 2 heterocycles. The van der Waals surface area contributed by atoms with Gasteiger partial charge in [-0.2, -0.15) is 5.10 Å². The molecule has 1 saturated heterocycles. The van der Waals surface area contributed by atoms with E-state index in [1.54, 1.807) is 0 Å². The molecule has 2 rings (SSSR count). The molecule has 90 valence electrons. The van der Waals surface area contributed by atoms with Gasteiger partial charge in [0.15, 0.2) is 0 Å². The number of aromatic nitrogens is 2. The van der Waals surface area contributed by atoms with Crippen molar-refractivity contribution in [3.05, 3.63) is 18.0 Å². The lowest BCUT2D eigenvalue weighted by Gasteiger charge is -2.35. The Morgan fingerprint density at radius 2 is 2.50 bits per heavy atom. The van der Waals surface area contributed by atoms with Gasteiger partial charge in [-0.15, -0.1) is 0 Å². The van der Waals surface area contributed by atoms with E-state index < -0.39 is 5.60 Å². The highest BCUT2D eigenvalue weighted by Crippen LogP contribution is 2.28. The van der Waals surface area contributed by atoms with Gasteiger partial charge in [0, 0.05) is 32.2 Å². The Balaban J connectivity index is 2.02. The van der Waals surface area contributed by atoms with Crippen LogP contribution in [-0.2, 0) is 17.7 Å². The fraction of sp³-hybridized carbons (Fsp3) is 0.750. The second kappa shape index (κ2) is 4.55. The van der Waals surface area contributed by atoms with Crippen LogP contribution in [-0.4, -0.2) is 33.2 Å². The monoisotopic (exact) mass is 224 g/mol. The Morgan fingerprint density at radius 1 is 1.69 bits per heavy atom. The molecule has 0 amide bonds. The van der Waals surface area contributed by atoms with Crippen LogP contribution in [0.5, 0.6) is 0 Å². The molecule has 2 unspecified atom stereocenters. The number of nitrogens with zero attached hydrogens (tertiary/aromatic N) is 2. The summed E-state index contributed by atoms with van der Waals surface area (Å²) in [7, 11) is 0. The number of aliphatic hydroxyl groups is 1. The maximum Gasteiger partial charge on any atom is 0.0735 e. The first-order chi connectivity index (χ1) is 7.61. The minimum Gasteiger partial charge on any atom is -0.389 e. The molecule has 16 heavy (non-hydrogen) atoms. The molecule has 4 nitrogen and oxygen atoms in total. The van der Waals surface area contributed by atoms with Crippen LogP contribution in [0.2, 0.25) is 0 Å². The van der Waals surface area contributed by atoms with Crippen LogP contribution in [0, 0.1) is 0 Å². The lowest BCUT2D eigenvalue weighted by Crippen LogP contribution is -2.41. The van der Waals surface area contributed by atoms with Crippen molar-refractivity contribution in [1.29, 1.82) is 0 Å². The zero-order valence-corrected chi connectivity index (χ0v) is 10.0. The highest BCUT2D eigenvalue weighted by Gasteiger charge is 2.33. The van der Waals surface area contributed by atoms with Crippen molar-refractivity contribution < 1.29 is 9.84 Å². The second-order valence-electron chi connectivity index (χ2n) is 4.74. The van der Waals surface area contributed by atoms with Gasteiger partial charge in [0.05, 0.1) is 17.9 Å². The lowest BCUT2D eigenvalue weighted by atomic mass is 9.86. The van der Waals surface area contributed by atoms with Gasteiger partial charge >= 0.3 is 0 Å². The minimum atomic E-state index is -0.612. The predicted octanol–water partition coefficient (Wildman–Crippen LogP) is 1.38. The van der Waals surface area contributed by atoms with Gasteiger partial charge in [-0.05, 0) is 25.8 Å². The van der Waals surface area contributed by atoms with E-state index in [1.165, 1.54) is 0 Å². The van der Waals surface area contributed by atoms with Gasteiger partial charge in [-0.3, -0.25) is 4.68 Å². The molecule has 0 bridgehead atoms. The summed E-state index contributed by atoms with van der Waals surface area (Å²) in [5.74, 6) is 0. The fourth-order valence-electron chi connectivity index (χ4n) is 2.36. The van der Waals surface area contributed by atoms with E-state index in [4.69, 9.17) is 4.74 Å².